The van der Waals surface area contributed by atoms with Crippen molar-refractivity contribution >= 4 is 11.6 Å². The predicted octanol–water partition coefficient (Wildman–Crippen LogP) is 6.97. The molecule has 6 nitrogen and oxygen atoms in total. The van der Waals surface area contributed by atoms with Gasteiger partial charge in [-0.05, 0) is 74.4 Å². The van der Waals surface area contributed by atoms with Gasteiger partial charge in [0, 0.05) is 5.69 Å². The fourth-order valence-corrected chi connectivity index (χ4v) is 4.62. The van der Waals surface area contributed by atoms with Crippen molar-refractivity contribution in [3.63, 3.8) is 0 Å². The van der Waals surface area contributed by atoms with Gasteiger partial charge in [-0.1, -0.05) is 18.2 Å². The van der Waals surface area contributed by atoms with E-state index < -0.39 is 54.1 Å². The molecule has 1 saturated heterocycles. The Hall–Kier alpha value is -3.94. The van der Waals surface area contributed by atoms with E-state index in [4.69, 9.17) is 0 Å². The lowest BCUT2D eigenvalue weighted by Crippen LogP contribution is -2.48. The number of nitrogens with one attached hydrogen (secondary N) is 1. The molecule has 3 aromatic rings. The molecule has 1 aliphatic rings. The summed E-state index contributed by atoms with van der Waals surface area (Å²) in [5.74, 6) is -1.26. The lowest BCUT2D eigenvalue weighted by atomic mass is 9.96. The average molecular weight is 589 g/mol. The molecular weight excluding hydrogens is 566 g/mol. The second-order valence-electron chi connectivity index (χ2n) is 9.68. The second kappa shape index (κ2) is 11.1. The zero-order valence-electron chi connectivity index (χ0n) is 21.4. The van der Waals surface area contributed by atoms with Crippen LogP contribution in [-0.2, 0) is 16.5 Å². The van der Waals surface area contributed by atoms with Crippen LogP contribution < -0.4 is 19.7 Å². The minimum Gasteiger partial charge on any atom is -0.435 e. The van der Waals surface area contributed by atoms with E-state index in [0.717, 1.165) is 18.2 Å². The Morgan fingerprint density at radius 1 is 0.902 bits per heavy atom. The van der Waals surface area contributed by atoms with Gasteiger partial charge in [0.2, 0.25) is 5.91 Å². The lowest BCUT2D eigenvalue weighted by molar-refractivity contribution is -0.274. The molecule has 1 aliphatic heterocycles. The molecule has 0 aliphatic carbocycles. The highest BCUT2D eigenvalue weighted by Gasteiger charge is 2.44. The van der Waals surface area contributed by atoms with Gasteiger partial charge in [-0.3, -0.25) is 10.1 Å². The van der Waals surface area contributed by atoms with Gasteiger partial charge >= 0.3 is 19.2 Å². The summed E-state index contributed by atoms with van der Waals surface area (Å²) >= 11 is 0. The first-order valence-electron chi connectivity index (χ1n) is 12.1. The maximum atomic E-state index is 13.7. The Bertz CT molecular complexity index is 1380. The Morgan fingerprint density at radius 2 is 1.54 bits per heavy atom. The zero-order valence-corrected chi connectivity index (χ0v) is 21.4. The van der Waals surface area contributed by atoms with Crippen LogP contribution >= 0.6 is 0 Å². The number of hydrogen-bond acceptors (Lipinski definition) is 5. The van der Waals surface area contributed by atoms with Gasteiger partial charge in [-0.2, -0.15) is 22.0 Å². The molecular formula is C27H23F8N3O3. The Labute approximate surface area is 228 Å². The van der Waals surface area contributed by atoms with Crippen molar-refractivity contribution in [2.24, 2.45) is 0 Å². The van der Waals surface area contributed by atoms with Crippen LogP contribution in [0.2, 0.25) is 0 Å². The van der Waals surface area contributed by atoms with Crippen molar-refractivity contribution in [2.45, 2.75) is 57.0 Å². The average Bonchev–Trinajstić information content (AvgIpc) is 3.18. The number of amides is 1. The van der Waals surface area contributed by atoms with Crippen LogP contribution in [0.25, 0.3) is 0 Å². The second-order valence-corrected chi connectivity index (χ2v) is 9.68. The van der Waals surface area contributed by atoms with Gasteiger partial charge < -0.3 is 14.4 Å². The summed E-state index contributed by atoms with van der Waals surface area (Å²) in [5.41, 5.74) is -1.79. The molecule has 1 fully saturated rings. The number of anilines is 1. The summed E-state index contributed by atoms with van der Waals surface area (Å²) < 4.78 is 112. The molecule has 2 aromatic carbocycles. The van der Waals surface area contributed by atoms with Crippen LogP contribution in [0.4, 0.5) is 40.8 Å². The van der Waals surface area contributed by atoms with Gasteiger partial charge in [0.1, 0.15) is 17.2 Å². The molecule has 0 unspecified atom stereocenters. The standard InChI is InChI=1S/C27H23F8N3O3/c1-25(2,21-7-4-8-22(36-21)26(30,31)32)37-19-14-20(15-5-3-6-18(13-15)40-24(28)29)38(23(19)39)16-9-11-17(12-10-16)41-27(33,34)35/h3-13,19-20,24,37H,14H2,1-2H3/t19-,20-/m1/s1. The molecule has 1 aromatic heterocycles. The molecule has 14 heteroatoms. The van der Waals surface area contributed by atoms with Crippen LogP contribution in [-0.4, -0.2) is 29.9 Å². The number of ether oxygens (including phenoxy) is 2. The highest BCUT2D eigenvalue weighted by molar-refractivity contribution is 6.00. The van der Waals surface area contributed by atoms with E-state index in [-0.39, 0.29) is 23.6 Å². The van der Waals surface area contributed by atoms with Gasteiger partial charge in [0.25, 0.3) is 0 Å². The van der Waals surface area contributed by atoms with Crippen LogP contribution in [0.5, 0.6) is 11.5 Å². The Balaban J connectivity index is 1.68. The molecule has 2 heterocycles. The van der Waals surface area contributed by atoms with Gasteiger partial charge in [-0.25, -0.2) is 4.98 Å². The molecule has 1 amide bonds. The molecule has 41 heavy (non-hydrogen) atoms. The molecule has 2 atom stereocenters. The molecule has 0 spiro atoms. The van der Waals surface area contributed by atoms with Crippen molar-refractivity contribution in [1.82, 2.24) is 10.3 Å². The molecule has 0 radical (unpaired) electrons. The Morgan fingerprint density at radius 3 is 2.15 bits per heavy atom. The first-order valence-corrected chi connectivity index (χ1v) is 12.1. The number of aromatic nitrogens is 1. The summed E-state index contributed by atoms with van der Waals surface area (Å²) in [6, 6.07) is 11.7. The van der Waals surface area contributed by atoms with Crippen LogP contribution in [0.1, 0.15) is 43.3 Å². The lowest BCUT2D eigenvalue weighted by Gasteiger charge is -2.29. The van der Waals surface area contributed by atoms with Gasteiger partial charge in [-0.15, -0.1) is 13.2 Å². The first-order chi connectivity index (χ1) is 19.0. The van der Waals surface area contributed by atoms with E-state index in [2.05, 4.69) is 19.8 Å². The Kier molecular flexibility index (Phi) is 8.16. The highest BCUT2D eigenvalue weighted by atomic mass is 19.4. The number of nitrogens with zero attached hydrogens (tertiary/aromatic N) is 2. The number of carbonyl (C=O) groups excluding carboxylic acids is 1. The first kappa shape index (κ1) is 30.0. The van der Waals surface area contributed by atoms with Crippen LogP contribution in [0.3, 0.4) is 0 Å². The maximum absolute atomic E-state index is 13.7. The molecule has 220 valence electrons. The summed E-state index contributed by atoms with van der Waals surface area (Å²) in [6.07, 6.45) is -9.60. The van der Waals surface area contributed by atoms with Gasteiger partial charge in [0.05, 0.1) is 23.3 Å². The maximum Gasteiger partial charge on any atom is 0.573 e. The zero-order chi connectivity index (χ0) is 30.2. The predicted molar refractivity (Wildman–Crippen MR) is 130 cm³/mol. The molecule has 4 rings (SSSR count). The highest BCUT2D eigenvalue weighted by Crippen LogP contribution is 2.40. The van der Waals surface area contributed by atoms with Crippen molar-refractivity contribution < 1.29 is 49.4 Å². The van der Waals surface area contributed by atoms with Crippen LogP contribution in [0, 0.1) is 0 Å². The fourth-order valence-electron chi connectivity index (χ4n) is 4.62. The third kappa shape index (κ3) is 7.23. The molecule has 1 N–H and O–H groups in total. The summed E-state index contributed by atoms with van der Waals surface area (Å²) in [6.45, 7) is -0.0235. The fraction of sp³-hybridized carbons (Fsp3) is 0.333. The number of pyridine rings is 1. The summed E-state index contributed by atoms with van der Waals surface area (Å²) in [4.78, 5) is 18.7. The quantitative estimate of drug-likeness (QED) is 0.288. The molecule has 0 saturated carbocycles. The normalized spacial score (nSPS) is 18.2. The monoisotopic (exact) mass is 589 g/mol. The number of hydrogen-bond donors (Lipinski definition) is 1. The van der Waals surface area contributed by atoms with Crippen molar-refractivity contribution in [3.8, 4) is 11.5 Å². The van der Waals surface area contributed by atoms with Gasteiger partial charge in [0.15, 0.2) is 0 Å². The number of rotatable bonds is 8. The SMILES string of the molecule is CC(C)(N[C@@H]1C[C@H](c2cccc(OC(F)F)c2)N(c2ccc(OC(F)(F)F)cc2)C1=O)c1cccc(C(F)(F)F)n1. The minimum atomic E-state index is -4.93. The van der Waals surface area contributed by atoms with E-state index in [1.807, 2.05) is 0 Å². The number of halogens is 8. The van der Waals surface area contributed by atoms with E-state index in [9.17, 15) is 39.9 Å². The van der Waals surface area contributed by atoms with Crippen LogP contribution in [0.15, 0.2) is 66.7 Å². The largest absolute Gasteiger partial charge is 0.573 e. The van der Waals surface area contributed by atoms with E-state index in [1.165, 1.54) is 47.4 Å². The number of alkyl halides is 8. The van der Waals surface area contributed by atoms with Crippen molar-refractivity contribution in [1.29, 1.82) is 0 Å². The van der Waals surface area contributed by atoms with Crippen molar-refractivity contribution in [2.75, 3.05) is 4.90 Å². The van der Waals surface area contributed by atoms with E-state index >= 15 is 0 Å². The summed E-state index contributed by atoms with van der Waals surface area (Å²) in [7, 11) is 0. The molecule has 0 bridgehead atoms. The number of benzene rings is 2. The third-order valence-electron chi connectivity index (χ3n) is 6.34. The van der Waals surface area contributed by atoms with E-state index in [1.54, 1.807) is 19.9 Å². The smallest absolute Gasteiger partial charge is 0.435 e. The topological polar surface area (TPSA) is 63.7 Å². The summed E-state index contributed by atoms with van der Waals surface area (Å²) in [5, 5.41) is 3.04. The number of carbonyl (C=O) groups is 1. The third-order valence-corrected chi connectivity index (χ3v) is 6.34. The minimum absolute atomic E-state index is 0.0103. The van der Waals surface area contributed by atoms with E-state index in [0.29, 0.717) is 5.56 Å². The van der Waals surface area contributed by atoms with Crippen molar-refractivity contribution in [3.05, 3.63) is 83.7 Å².